The van der Waals surface area contributed by atoms with Gasteiger partial charge in [-0.3, -0.25) is 4.79 Å². The van der Waals surface area contributed by atoms with E-state index in [-0.39, 0.29) is 5.91 Å². The number of methoxy groups -OCH3 is 1. The molecule has 0 aliphatic heterocycles. The van der Waals surface area contributed by atoms with E-state index in [1.807, 2.05) is 19.9 Å². The predicted molar refractivity (Wildman–Crippen MR) is 83.9 cm³/mol. The number of carbonyl (C=O) groups excluding carboxylic acids is 2. The number of esters is 1. The van der Waals surface area contributed by atoms with E-state index >= 15 is 0 Å². The second-order valence-electron chi connectivity index (χ2n) is 5.34. The Kier molecular flexibility index (Phi) is 5.38. The molecule has 0 saturated heterocycles. The van der Waals surface area contributed by atoms with Crippen LogP contribution in [-0.4, -0.2) is 43.5 Å². The lowest BCUT2D eigenvalue weighted by atomic mass is 9.69. The summed E-state index contributed by atoms with van der Waals surface area (Å²) in [5.74, 6) is -2.11. The van der Waals surface area contributed by atoms with Gasteiger partial charge in [0, 0.05) is 25.2 Å². The summed E-state index contributed by atoms with van der Waals surface area (Å²) in [6.45, 7) is 4.36. The topological polar surface area (TPSA) is 73.9 Å². The molecule has 0 aromatic heterocycles. The molecular formula is C17H23NO5. The Hall–Kier alpha value is -1.92. The number of nitrogens with one attached hydrogen (secondary N) is 1. The average Bonchev–Trinajstić information content (AvgIpc) is 2.58. The van der Waals surface area contributed by atoms with Crippen LogP contribution >= 0.6 is 0 Å². The third-order valence-corrected chi connectivity index (χ3v) is 4.13. The van der Waals surface area contributed by atoms with Gasteiger partial charge in [0.05, 0.1) is 7.11 Å². The number of benzene rings is 1. The molecule has 1 aromatic carbocycles. The number of ether oxygens (including phenoxy) is 3. The molecule has 1 saturated carbocycles. The lowest BCUT2D eigenvalue weighted by Gasteiger charge is -2.55. The van der Waals surface area contributed by atoms with E-state index in [1.54, 1.807) is 24.3 Å². The van der Waals surface area contributed by atoms with Gasteiger partial charge in [0.2, 0.25) is 5.79 Å². The van der Waals surface area contributed by atoms with E-state index < -0.39 is 17.3 Å². The summed E-state index contributed by atoms with van der Waals surface area (Å²) in [5, 5.41) is 2.79. The van der Waals surface area contributed by atoms with Crippen LogP contribution in [0.15, 0.2) is 30.3 Å². The van der Waals surface area contributed by atoms with E-state index in [2.05, 4.69) is 5.32 Å². The Morgan fingerprint density at radius 2 is 1.70 bits per heavy atom. The zero-order chi connectivity index (χ0) is 16.9. The number of hydrogen-bond acceptors (Lipinski definition) is 5. The minimum absolute atomic E-state index is 0.361. The molecule has 1 amide bonds. The van der Waals surface area contributed by atoms with Crippen LogP contribution in [-0.2, 0) is 19.0 Å². The van der Waals surface area contributed by atoms with E-state index in [9.17, 15) is 9.59 Å². The highest BCUT2D eigenvalue weighted by Gasteiger charge is 2.68. The van der Waals surface area contributed by atoms with E-state index in [0.29, 0.717) is 31.6 Å². The van der Waals surface area contributed by atoms with Gasteiger partial charge in [0.15, 0.2) is 5.54 Å². The highest BCUT2D eigenvalue weighted by Crippen LogP contribution is 2.47. The Labute approximate surface area is 136 Å². The normalized spacial score (nSPS) is 22.0. The molecule has 23 heavy (non-hydrogen) atoms. The van der Waals surface area contributed by atoms with Gasteiger partial charge in [-0.25, -0.2) is 4.79 Å². The molecule has 1 unspecified atom stereocenters. The van der Waals surface area contributed by atoms with Gasteiger partial charge in [-0.05, 0) is 32.4 Å². The van der Waals surface area contributed by atoms with Crippen molar-refractivity contribution in [3.05, 3.63) is 35.9 Å². The summed E-state index contributed by atoms with van der Waals surface area (Å²) < 4.78 is 16.4. The summed E-state index contributed by atoms with van der Waals surface area (Å²) in [7, 11) is 1.29. The molecule has 1 atom stereocenters. The molecule has 126 valence electrons. The summed E-state index contributed by atoms with van der Waals surface area (Å²) >= 11 is 0. The predicted octanol–water partition coefficient (Wildman–Crippen LogP) is 1.89. The Morgan fingerprint density at radius 1 is 1.09 bits per heavy atom. The molecule has 6 nitrogen and oxygen atoms in total. The van der Waals surface area contributed by atoms with E-state index in [0.717, 1.165) is 0 Å². The summed E-state index contributed by atoms with van der Waals surface area (Å²) in [4.78, 5) is 25.0. The second-order valence-corrected chi connectivity index (χ2v) is 5.34. The first-order valence-electron chi connectivity index (χ1n) is 7.79. The molecule has 1 fully saturated rings. The van der Waals surface area contributed by atoms with Gasteiger partial charge in [0.25, 0.3) is 5.91 Å². The Morgan fingerprint density at radius 3 is 2.13 bits per heavy atom. The van der Waals surface area contributed by atoms with Crippen molar-refractivity contribution < 1.29 is 23.8 Å². The van der Waals surface area contributed by atoms with E-state index in [4.69, 9.17) is 14.2 Å². The van der Waals surface area contributed by atoms with E-state index in [1.165, 1.54) is 7.11 Å². The highest BCUT2D eigenvalue weighted by atomic mass is 16.7. The van der Waals surface area contributed by atoms with Crippen molar-refractivity contribution in [1.82, 2.24) is 5.32 Å². The van der Waals surface area contributed by atoms with Gasteiger partial charge >= 0.3 is 5.97 Å². The van der Waals surface area contributed by atoms with Crippen LogP contribution in [0.3, 0.4) is 0 Å². The summed E-state index contributed by atoms with van der Waals surface area (Å²) in [6, 6.07) is 8.71. The molecule has 0 heterocycles. The van der Waals surface area contributed by atoms with Gasteiger partial charge in [-0.2, -0.15) is 0 Å². The number of amides is 1. The average molecular weight is 321 g/mol. The zero-order valence-corrected chi connectivity index (χ0v) is 13.8. The minimum atomic E-state index is -1.33. The maximum Gasteiger partial charge on any atom is 0.337 e. The maximum absolute atomic E-state index is 12.5. The lowest BCUT2D eigenvalue weighted by Crippen LogP contribution is -2.77. The van der Waals surface area contributed by atoms with Crippen LogP contribution < -0.4 is 5.32 Å². The van der Waals surface area contributed by atoms with Crippen molar-refractivity contribution >= 4 is 11.9 Å². The third-order valence-electron chi connectivity index (χ3n) is 4.13. The zero-order valence-electron chi connectivity index (χ0n) is 13.8. The molecule has 0 spiro atoms. The quantitative estimate of drug-likeness (QED) is 0.613. The van der Waals surface area contributed by atoms with Crippen molar-refractivity contribution in [1.29, 1.82) is 0 Å². The first-order chi connectivity index (χ1) is 11.0. The standard InChI is InChI=1S/C17H23NO5/c1-4-22-17(23-5-2)12-11-16(17,15(20)21-3)18-14(19)13-9-7-6-8-10-13/h6-10H,4-5,11-12H2,1-3H3,(H,18,19). The lowest BCUT2D eigenvalue weighted by molar-refractivity contribution is -0.316. The smallest absolute Gasteiger partial charge is 0.337 e. The first kappa shape index (κ1) is 17.4. The van der Waals surface area contributed by atoms with Crippen LogP contribution in [0, 0.1) is 0 Å². The molecule has 1 aliphatic carbocycles. The largest absolute Gasteiger partial charge is 0.467 e. The van der Waals surface area contributed by atoms with Gasteiger partial charge < -0.3 is 19.5 Å². The van der Waals surface area contributed by atoms with Crippen LogP contribution in [0.5, 0.6) is 0 Å². The van der Waals surface area contributed by atoms with Gasteiger partial charge in [0.1, 0.15) is 0 Å². The maximum atomic E-state index is 12.5. The molecule has 1 aromatic rings. The highest BCUT2D eigenvalue weighted by molar-refractivity contribution is 5.99. The van der Waals surface area contributed by atoms with Crippen molar-refractivity contribution in [2.45, 2.75) is 38.0 Å². The molecule has 6 heteroatoms. The van der Waals surface area contributed by atoms with Crippen LogP contribution in [0.25, 0.3) is 0 Å². The molecule has 0 bridgehead atoms. The Bertz CT molecular complexity index is 553. The Balaban J connectivity index is 2.33. The fraction of sp³-hybridized carbons (Fsp3) is 0.529. The number of hydrogen-bond donors (Lipinski definition) is 1. The van der Waals surface area contributed by atoms with Crippen molar-refractivity contribution in [2.75, 3.05) is 20.3 Å². The van der Waals surface area contributed by atoms with Crippen LogP contribution in [0.4, 0.5) is 0 Å². The number of carbonyl (C=O) groups is 2. The van der Waals surface area contributed by atoms with Crippen LogP contribution in [0.1, 0.15) is 37.0 Å². The van der Waals surface area contributed by atoms with Crippen molar-refractivity contribution in [2.24, 2.45) is 0 Å². The third kappa shape index (κ3) is 2.96. The molecular weight excluding hydrogens is 298 g/mol. The van der Waals surface area contributed by atoms with Gasteiger partial charge in [-0.1, -0.05) is 18.2 Å². The SMILES string of the molecule is CCOC1(OCC)CCC1(NC(=O)c1ccccc1)C(=O)OC. The first-order valence-corrected chi connectivity index (χ1v) is 7.79. The fourth-order valence-corrected chi connectivity index (χ4v) is 2.97. The second kappa shape index (κ2) is 7.10. The summed E-state index contributed by atoms with van der Waals surface area (Å²) in [5.41, 5.74) is -0.870. The van der Waals surface area contributed by atoms with Gasteiger partial charge in [-0.15, -0.1) is 0 Å². The van der Waals surface area contributed by atoms with Crippen molar-refractivity contribution in [3.63, 3.8) is 0 Å². The monoisotopic (exact) mass is 321 g/mol. The molecule has 1 aliphatic rings. The number of rotatable bonds is 7. The molecule has 2 rings (SSSR count). The van der Waals surface area contributed by atoms with Crippen molar-refractivity contribution in [3.8, 4) is 0 Å². The summed E-state index contributed by atoms with van der Waals surface area (Å²) in [6.07, 6.45) is 0.914. The minimum Gasteiger partial charge on any atom is -0.467 e. The molecule has 0 radical (unpaired) electrons. The molecule has 1 N–H and O–H groups in total. The van der Waals surface area contributed by atoms with Crippen LogP contribution in [0.2, 0.25) is 0 Å². The fourth-order valence-electron chi connectivity index (χ4n) is 2.97.